The lowest BCUT2D eigenvalue weighted by Gasteiger charge is -2.18. The fourth-order valence-corrected chi connectivity index (χ4v) is 5.04. The monoisotopic (exact) mass is 382 g/mol. The van der Waals surface area contributed by atoms with Crippen LogP contribution < -0.4 is 15.4 Å². The molecule has 0 fully saturated rings. The summed E-state index contributed by atoms with van der Waals surface area (Å²) in [4.78, 5) is 23.0. The number of sulfone groups is 1. The van der Waals surface area contributed by atoms with Crippen LogP contribution in [0.25, 0.3) is 0 Å². The second-order valence-electron chi connectivity index (χ2n) is 5.03. The molecule has 1 aromatic carbocycles. The maximum Gasteiger partial charge on any atom is 0.309 e. The van der Waals surface area contributed by atoms with Crippen LogP contribution in [0.4, 0.5) is 0 Å². The van der Waals surface area contributed by atoms with Crippen molar-refractivity contribution in [2.24, 2.45) is 0 Å². The van der Waals surface area contributed by atoms with Gasteiger partial charge in [0.15, 0.2) is 9.84 Å². The van der Waals surface area contributed by atoms with Crippen molar-refractivity contribution < 1.29 is 22.7 Å². The Morgan fingerprint density at radius 3 is 2.36 bits per heavy atom. The lowest BCUT2D eigenvalue weighted by molar-refractivity contribution is -0.138. The van der Waals surface area contributed by atoms with Gasteiger partial charge in [-0.15, -0.1) is 11.3 Å². The molecule has 2 N–H and O–H groups in total. The highest BCUT2D eigenvalue weighted by Crippen LogP contribution is 2.31. The molecule has 0 saturated heterocycles. The van der Waals surface area contributed by atoms with Crippen molar-refractivity contribution >= 4 is 33.0 Å². The number of likely N-dealkylation sites (N-methyl/N-ethyl adjacent to an activating group) is 1. The topological polar surface area (TPSA) is 102 Å². The van der Waals surface area contributed by atoms with Gasteiger partial charge in [-0.1, -0.05) is 18.2 Å². The highest BCUT2D eigenvalue weighted by Gasteiger charge is 2.31. The molecule has 0 aliphatic carbocycles. The van der Waals surface area contributed by atoms with E-state index >= 15 is 0 Å². The van der Waals surface area contributed by atoms with Gasteiger partial charge in [0.25, 0.3) is 0 Å². The molecule has 0 saturated carbocycles. The third kappa shape index (κ3) is 4.37. The van der Waals surface area contributed by atoms with Gasteiger partial charge in [0.1, 0.15) is 15.2 Å². The van der Waals surface area contributed by atoms with Crippen molar-refractivity contribution in [1.29, 1.82) is 0 Å². The van der Waals surface area contributed by atoms with Crippen LogP contribution in [-0.4, -0.2) is 40.9 Å². The molecule has 25 heavy (non-hydrogen) atoms. The molecule has 2 rings (SSSR count). The van der Waals surface area contributed by atoms with Crippen molar-refractivity contribution in [3.8, 4) is 5.75 Å². The van der Waals surface area contributed by atoms with Crippen molar-refractivity contribution in [2.75, 3.05) is 20.7 Å². The van der Waals surface area contributed by atoms with E-state index in [-0.39, 0.29) is 10.8 Å². The van der Waals surface area contributed by atoms with Crippen LogP contribution in [0.5, 0.6) is 5.75 Å². The maximum atomic E-state index is 12.9. The molecule has 2 aromatic rings. The first kappa shape index (κ1) is 18.9. The Bertz CT molecular complexity index is 830. The number of hydrogen-bond donors (Lipinski definition) is 2. The average Bonchev–Trinajstić information content (AvgIpc) is 3.17. The summed E-state index contributed by atoms with van der Waals surface area (Å²) in [6, 6.07) is 9.70. The highest BCUT2D eigenvalue weighted by atomic mass is 32.2. The van der Waals surface area contributed by atoms with Gasteiger partial charge in [-0.25, -0.2) is 8.42 Å². The average molecular weight is 382 g/mol. The van der Waals surface area contributed by atoms with Gasteiger partial charge < -0.3 is 15.4 Å². The third-order valence-corrected chi connectivity index (χ3v) is 7.05. The zero-order valence-electron chi connectivity index (χ0n) is 13.7. The first-order valence-electron chi connectivity index (χ1n) is 7.31. The van der Waals surface area contributed by atoms with Gasteiger partial charge in [-0.05, 0) is 29.1 Å². The Labute approximate surface area is 149 Å². The number of amides is 2. The van der Waals surface area contributed by atoms with Crippen LogP contribution in [0, 0.1) is 0 Å². The molecule has 0 unspecified atom stereocenters. The molecular weight excluding hydrogens is 364 g/mol. The number of rotatable bonds is 6. The zero-order chi connectivity index (χ0) is 18.4. The van der Waals surface area contributed by atoms with Gasteiger partial charge >= 0.3 is 11.8 Å². The lowest BCUT2D eigenvalue weighted by atomic mass is 10.1. The summed E-state index contributed by atoms with van der Waals surface area (Å²) < 4.78 is 31.1. The van der Waals surface area contributed by atoms with Gasteiger partial charge in [0, 0.05) is 13.6 Å². The van der Waals surface area contributed by atoms with Crippen molar-refractivity contribution in [3.05, 3.63) is 47.3 Å². The summed E-state index contributed by atoms with van der Waals surface area (Å²) in [6.07, 6.45) is 0. The largest absolute Gasteiger partial charge is 0.497 e. The van der Waals surface area contributed by atoms with Gasteiger partial charge in [0.2, 0.25) is 0 Å². The molecule has 9 heteroatoms. The number of hydrogen-bond acceptors (Lipinski definition) is 6. The molecule has 0 aliphatic rings. The van der Waals surface area contributed by atoms with E-state index in [0.29, 0.717) is 11.3 Å². The van der Waals surface area contributed by atoms with E-state index in [4.69, 9.17) is 4.74 Å². The smallest absolute Gasteiger partial charge is 0.309 e. The Hall–Kier alpha value is -2.39. The SMILES string of the molecule is CNC(=O)C(=O)NC[C@H](c1ccc(OC)cc1)S(=O)(=O)c1cccs1. The van der Waals surface area contributed by atoms with E-state index < -0.39 is 26.9 Å². The second kappa shape index (κ2) is 8.13. The number of methoxy groups -OCH3 is 1. The lowest BCUT2D eigenvalue weighted by Crippen LogP contribution is -2.40. The fraction of sp³-hybridized carbons (Fsp3) is 0.250. The van der Waals surface area contributed by atoms with E-state index in [9.17, 15) is 18.0 Å². The van der Waals surface area contributed by atoms with E-state index in [2.05, 4.69) is 10.6 Å². The minimum Gasteiger partial charge on any atom is -0.497 e. The number of thiophene rings is 1. The summed E-state index contributed by atoms with van der Waals surface area (Å²) in [5, 5.41) is 5.21. The highest BCUT2D eigenvalue weighted by molar-refractivity contribution is 7.93. The molecule has 0 bridgehead atoms. The number of benzene rings is 1. The number of nitrogens with one attached hydrogen (secondary N) is 2. The quantitative estimate of drug-likeness (QED) is 0.730. The van der Waals surface area contributed by atoms with Gasteiger partial charge in [-0.2, -0.15) is 0 Å². The van der Waals surface area contributed by atoms with Crippen molar-refractivity contribution in [3.63, 3.8) is 0 Å². The summed E-state index contributed by atoms with van der Waals surface area (Å²) in [7, 11) is -0.890. The van der Waals surface area contributed by atoms with Crippen LogP contribution in [-0.2, 0) is 19.4 Å². The molecule has 0 aliphatic heterocycles. The number of carbonyl (C=O) groups excluding carboxylic acids is 2. The molecular formula is C16H18N2O5S2. The van der Waals surface area contributed by atoms with E-state index in [1.54, 1.807) is 35.7 Å². The summed E-state index contributed by atoms with van der Waals surface area (Å²) in [6.45, 7) is -0.223. The third-order valence-electron chi connectivity index (χ3n) is 3.52. The minimum absolute atomic E-state index is 0.197. The Morgan fingerprint density at radius 2 is 1.84 bits per heavy atom. The van der Waals surface area contributed by atoms with Crippen LogP contribution in [0.1, 0.15) is 10.8 Å². The fourth-order valence-electron chi connectivity index (χ4n) is 2.17. The first-order chi connectivity index (χ1) is 11.9. The normalized spacial score (nSPS) is 12.2. The Balaban J connectivity index is 2.34. The Kier molecular flexibility index (Phi) is 6.16. The van der Waals surface area contributed by atoms with Crippen LogP contribution in [0.3, 0.4) is 0 Å². The maximum absolute atomic E-state index is 12.9. The predicted octanol–water partition coefficient (Wildman–Crippen LogP) is 1.13. The van der Waals surface area contributed by atoms with Crippen LogP contribution >= 0.6 is 11.3 Å². The van der Waals surface area contributed by atoms with Gasteiger partial charge in [0.05, 0.1) is 7.11 Å². The predicted molar refractivity (Wildman–Crippen MR) is 94.3 cm³/mol. The van der Waals surface area contributed by atoms with Crippen molar-refractivity contribution in [2.45, 2.75) is 9.46 Å². The molecule has 1 aromatic heterocycles. The van der Waals surface area contributed by atoms with Gasteiger partial charge in [-0.3, -0.25) is 9.59 Å². The molecule has 1 atom stereocenters. The van der Waals surface area contributed by atoms with Crippen molar-refractivity contribution in [1.82, 2.24) is 10.6 Å². The molecule has 134 valence electrons. The second-order valence-corrected chi connectivity index (χ2v) is 8.33. The minimum atomic E-state index is -3.73. The summed E-state index contributed by atoms with van der Waals surface area (Å²) in [5.74, 6) is -1.13. The first-order valence-corrected chi connectivity index (χ1v) is 9.74. The van der Waals surface area contributed by atoms with E-state index in [0.717, 1.165) is 11.3 Å². The molecule has 7 nitrogen and oxygen atoms in total. The van der Waals surface area contributed by atoms with Crippen LogP contribution in [0.15, 0.2) is 46.0 Å². The molecule has 0 radical (unpaired) electrons. The standard InChI is InChI=1S/C16H18N2O5S2/c1-17-15(19)16(20)18-10-13(11-5-7-12(23-2)8-6-11)25(21,22)14-4-3-9-24-14/h3-9,13H,10H2,1-2H3,(H,17,19)(H,18,20)/t13-/m1/s1. The molecule has 1 heterocycles. The summed E-state index contributed by atoms with van der Waals surface area (Å²) >= 11 is 1.10. The zero-order valence-corrected chi connectivity index (χ0v) is 15.3. The van der Waals surface area contributed by atoms with E-state index in [1.165, 1.54) is 20.2 Å². The van der Waals surface area contributed by atoms with Crippen LogP contribution in [0.2, 0.25) is 0 Å². The number of ether oxygens (including phenoxy) is 1. The molecule has 2 amide bonds. The summed E-state index contributed by atoms with van der Waals surface area (Å²) in [5.41, 5.74) is 0.492. The Morgan fingerprint density at radius 1 is 1.16 bits per heavy atom. The molecule has 0 spiro atoms. The number of carbonyl (C=O) groups is 2. The van der Waals surface area contributed by atoms with E-state index in [1.807, 2.05) is 0 Å².